The van der Waals surface area contributed by atoms with E-state index in [-0.39, 0.29) is 5.90 Å². The van der Waals surface area contributed by atoms with Gasteiger partial charge < -0.3 is 9.94 Å². The van der Waals surface area contributed by atoms with Gasteiger partial charge in [-0.15, -0.1) is 0 Å². The van der Waals surface area contributed by atoms with Crippen LogP contribution in [0.3, 0.4) is 0 Å². The van der Waals surface area contributed by atoms with Crippen LogP contribution in [0.25, 0.3) is 0 Å². The van der Waals surface area contributed by atoms with Crippen molar-refractivity contribution >= 4 is 11.7 Å². The molecule has 0 atom stereocenters. The third-order valence-electron chi connectivity index (χ3n) is 1.51. The molecule has 0 aliphatic carbocycles. The van der Waals surface area contributed by atoms with Gasteiger partial charge in [0.2, 0.25) is 0 Å². The van der Waals surface area contributed by atoms with Crippen LogP contribution in [0.5, 0.6) is 0 Å². The molecule has 0 aliphatic heterocycles. The minimum Gasteiger partial charge on any atom is -0.476 e. The Morgan fingerprint density at radius 1 is 1.38 bits per heavy atom. The standard InChI is InChI=1S/C9H9NO3/c1-13-9(10-12)8(11)7-5-3-2-4-6-7/h2-6,12H,1H3. The van der Waals surface area contributed by atoms with E-state index in [2.05, 4.69) is 9.89 Å². The zero-order valence-corrected chi connectivity index (χ0v) is 7.10. The van der Waals surface area contributed by atoms with Gasteiger partial charge in [-0.3, -0.25) is 4.79 Å². The van der Waals surface area contributed by atoms with Gasteiger partial charge in [0.15, 0.2) is 0 Å². The van der Waals surface area contributed by atoms with Gasteiger partial charge in [-0.05, 0) is 5.16 Å². The van der Waals surface area contributed by atoms with Crippen molar-refractivity contribution in [1.29, 1.82) is 0 Å². The summed E-state index contributed by atoms with van der Waals surface area (Å²) in [5, 5.41) is 11.1. The van der Waals surface area contributed by atoms with Crippen LogP contribution in [0.15, 0.2) is 35.5 Å². The number of oxime groups is 1. The number of ketones is 1. The summed E-state index contributed by atoms with van der Waals surface area (Å²) in [6.45, 7) is 0. The molecule has 0 radical (unpaired) electrons. The summed E-state index contributed by atoms with van der Waals surface area (Å²) < 4.78 is 4.57. The average Bonchev–Trinajstić information content (AvgIpc) is 2.21. The Bertz CT molecular complexity index is 319. The van der Waals surface area contributed by atoms with E-state index >= 15 is 0 Å². The lowest BCUT2D eigenvalue weighted by molar-refractivity contribution is 0.103. The summed E-state index contributed by atoms with van der Waals surface area (Å²) in [4.78, 5) is 11.4. The molecule has 1 rings (SSSR count). The van der Waals surface area contributed by atoms with Crippen LogP contribution in [0.4, 0.5) is 0 Å². The van der Waals surface area contributed by atoms with E-state index in [0.717, 1.165) is 0 Å². The van der Waals surface area contributed by atoms with Crippen molar-refractivity contribution in [2.75, 3.05) is 7.11 Å². The second kappa shape index (κ2) is 4.25. The van der Waals surface area contributed by atoms with Gasteiger partial charge >= 0.3 is 0 Å². The largest absolute Gasteiger partial charge is 0.476 e. The van der Waals surface area contributed by atoms with E-state index in [1.54, 1.807) is 30.3 Å². The van der Waals surface area contributed by atoms with Crippen molar-refractivity contribution in [1.82, 2.24) is 0 Å². The van der Waals surface area contributed by atoms with Gasteiger partial charge in [-0.1, -0.05) is 30.3 Å². The van der Waals surface area contributed by atoms with Gasteiger partial charge in [-0.2, -0.15) is 0 Å². The normalized spacial score (nSPS) is 11.0. The van der Waals surface area contributed by atoms with E-state index in [9.17, 15) is 4.79 Å². The summed E-state index contributed by atoms with van der Waals surface area (Å²) >= 11 is 0. The molecule has 0 aliphatic rings. The van der Waals surface area contributed by atoms with Gasteiger partial charge in [0, 0.05) is 5.56 Å². The van der Waals surface area contributed by atoms with Crippen molar-refractivity contribution < 1.29 is 14.7 Å². The monoisotopic (exact) mass is 179 g/mol. The fraction of sp³-hybridized carbons (Fsp3) is 0.111. The van der Waals surface area contributed by atoms with E-state index < -0.39 is 5.78 Å². The molecule has 0 spiro atoms. The molecule has 1 N–H and O–H groups in total. The van der Waals surface area contributed by atoms with Crippen molar-refractivity contribution in [3.05, 3.63) is 35.9 Å². The first kappa shape index (κ1) is 9.25. The first-order chi connectivity index (χ1) is 6.29. The Balaban J connectivity index is 2.92. The first-order valence-corrected chi connectivity index (χ1v) is 3.65. The molecular formula is C9H9NO3. The number of ether oxygens (including phenoxy) is 1. The van der Waals surface area contributed by atoms with Crippen LogP contribution in [-0.2, 0) is 4.74 Å². The number of Topliss-reactive ketones (excluding diaryl/α,β-unsaturated/α-hetero) is 1. The molecule has 4 heteroatoms. The molecule has 0 saturated carbocycles. The summed E-state index contributed by atoms with van der Waals surface area (Å²) in [5.41, 5.74) is 0.428. The quantitative estimate of drug-likeness (QED) is 0.245. The zero-order chi connectivity index (χ0) is 9.68. The van der Waals surface area contributed by atoms with Crippen molar-refractivity contribution in [3.63, 3.8) is 0 Å². The number of methoxy groups -OCH3 is 1. The Morgan fingerprint density at radius 3 is 2.46 bits per heavy atom. The van der Waals surface area contributed by atoms with Crippen LogP contribution in [0.2, 0.25) is 0 Å². The maximum atomic E-state index is 11.4. The van der Waals surface area contributed by atoms with E-state index in [0.29, 0.717) is 5.56 Å². The molecule has 0 bridgehead atoms. The lowest BCUT2D eigenvalue weighted by Gasteiger charge is -2.00. The molecule has 1 aromatic rings. The lowest BCUT2D eigenvalue weighted by Crippen LogP contribution is -2.16. The molecule has 0 aromatic heterocycles. The van der Waals surface area contributed by atoms with E-state index in [1.807, 2.05) is 0 Å². The molecule has 1 aromatic carbocycles. The minimum absolute atomic E-state index is 0.314. The van der Waals surface area contributed by atoms with E-state index in [4.69, 9.17) is 5.21 Å². The smallest absolute Gasteiger partial charge is 0.298 e. The van der Waals surface area contributed by atoms with Crippen LogP contribution < -0.4 is 0 Å². The van der Waals surface area contributed by atoms with E-state index in [1.165, 1.54) is 7.11 Å². The van der Waals surface area contributed by atoms with Gasteiger partial charge in [0.25, 0.3) is 11.7 Å². The molecule has 0 amide bonds. The highest BCUT2D eigenvalue weighted by atomic mass is 16.5. The number of carbonyl (C=O) groups excluding carboxylic acids is 1. The topological polar surface area (TPSA) is 58.9 Å². The fourth-order valence-electron chi connectivity index (χ4n) is 0.892. The second-order valence-electron chi connectivity index (χ2n) is 2.30. The Hall–Kier alpha value is -1.84. The SMILES string of the molecule is COC(=NO)C(=O)c1ccccc1. The number of rotatable bonds is 2. The summed E-state index contributed by atoms with van der Waals surface area (Å²) in [6.07, 6.45) is 0. The third kappa shape index (κ3) is 2.05. The number of hydrogen-bond donors (Lipinski definition) is 1. The Labute approximate surface area is 75.4 Å². The second-order valence-corrected chi connectivity index (χ2v) is 2.30. The summed E-state index contributed by atoms with van der Waals surface area (Å²) in [7, 11) is 1.27. The third-order valence-corrected chi connectivity index (χ3v) is 1.51. The molecule has 0 heterocycles. The predicted molar refractivity (Wildman–Crippen MR) is 47.0 cm³/mol. The van der Waals surface area contributed by atoms with Crippen molar-refractivity contribution in [2.45, 2.75) is 0 Å². The van der Waals surface area contributed by atoms with Gasteiger partial charge in [0.05, 0.1) is 7.11 Å². The Kier molecular flexibility index (Phi) is 3.03. The average molecular weight is 179 g/mol. The molecule has 0 unspecified atom stereocenters. The number of carbonyl (C=O) groups is 1. The lowest BCUT2D eigenvalue weighted by atomic mass is 10.1. The Morgan fingerprint density at radius 2 is 2.00 bits per heavy atom. The first-order valence-electron chi connectivity index (χ1n) is 3.65. The number of benzene rings is 1. The highest BCUT2D eigenvalue weighted by Crippen LogP contribution is 2.01. The van der Waals surface area contributed by atoms with Crippen LogP contribution in [0, 0.1) is 0 Å². The molecule has 4 nitrogen and oxygen atoms in total. The highest BCUT2D eigenvalue weighted by Gasteiger charge is 2.13. The summed E-state index contributed by atoms with van der Waals surface area (Å²) in [6, 6.07) is 8.47. The highest BCUT2D eigenvalue weighted by molar-refractivity contribution is 6.42. The number of nitrogens with zero attached hydrogens (tertiary/aromatic N) is 1. The molecule has 13 heavy (non-hydrogen) atoms. The van der Waals surface area contributed by atoms with Crippen molar-refractivity contribution in [2.24, 2.45) is 5.16 Å². The van der Waals surface area contributed by atoms with Gasteiger partial charge in [-0.25, -0.2) is 0 Å². The predicted octanol–water partition coefficient (Wildman–Crippen LogP) is 1.30. The molecule has 68 valence electrons. The molecule has 0 fully saturated rings. The fourth-order valence-corrected chi connectivity index (χ4v) is 0.892. The van der Waals surface area contributed by atoms with Crippen LogP contribution >= 0.6 is 0 Å². The van der Waals surface area contributed by atoms with Crippen LogP contribution in [0.1, 0.15) is 10.4 Å². The van der Waals surface area contributed by atoms with Gasteiger partial charge in [0.1, 0.15) is 0 Å². The molecule has 0 saturated heterocycles. The molecular weight excluding hydrogens is 170 g/mol. The maximum absolute atomic E-state index is 11.4. The summed E-state index contributed by atoms with van der Waals surface area (Å²) in [5.74, 6) is -0.753. The minimum atomic E-state index is -0.439. The number of hydrogen-bond acceptors (Lipinski definition) is 4. The maximum Gasteiger partial charge on any atom is 0.298 e. The van der Waals surface area contributed by atoms with Crippen LogP contribution in [-0.4, -0.2) is 24.0 Å². The zero-order valence-electron chi connectivity index (χ0n) is 7.10. The van der Waals surface area contributed by atoms with Crippen molar-refractivity contribution in [3.8, 4) is 0 Å².